The minimum atomic E-state index is -3.21. The maximum absolute atomic E-state index is 11.3. The van der Waals surface area contributed by atoms with Crippen LogP contribution in [0.15, 0.2) is 6.20 Å². The summed E-state index contributed by atoms with van der Waals surface area (Å²) in [6.07, 6.45) is 3.25. The minimum Gasteiger partial charge on any atom is -0.309 e. The van der Waals surface area contributed by atoms with Crippen LogP contribution in [0.5, 0.6) is 0 Å². The number of nitrogens with zero attached hydrogens (tertiary/aromatic N) is 2. The first kappa shape index (κ1) is 16.4. The van der Waals surface area contributed by atoms with E-state index in [4.69, 9.17) is 0 Å². The molecule has 8 heteroatoms. The number of aromatic nitrogens is 2. The molecule has 0 amide bonds. The number of imidazole rings is 1. The van der Waals surface area contributed by atoms with Crippen molar-refractivity contribution in [2.75, 3.05) is 12.8 Å². The van der Waals surface area contributed by atoms with E-state index in [9.17, 15) is 8.42 Å². The van der Waals surface area contributed by atoms with Crippen molar-refractivity contribution < 1.29 is 8.42 Å². The molecule has 0 saturated carbocycles. The molecular formula is C13H22N4O2S2. The molecule has 2 aromatic rings. The lowest BCUT2D eigenvalue weighted by Gasteiger charge is -2.25. The second-order valence-electron chi connectivity index (χ2n) is 6.00. The van der Waals surface area contributed by atoms with Gasteiger partial charge in [0.1, 0.15) is 0 Å². The van der Waals surface area contributed by atoms with Crippen molar-refractivity contribution in [2.24, 2.45) is 0 Å². The molecule has 0 aliphatic carbocycles. The van der Waals surface area contributed by atoms with Crippen molar-refractivity contribution >= 4 is 26.3 Å². The summed E-state index contributed by atoms with van der Waals surface area (Å²) in [6, 6.07) is 0. The molecule has 6 nitrogen and oxygen atoms in total. The van der Waals surface area contributed by atoms with Gasteiger partial charge in [0.15, 0.2) is 4.96 Å². The topological polar surface area (TPSA) is 75.5 Å². The van der Waals surface area contributed by atoms with E-state index >= 15 is 0 Å². The van der Waals surface area contributed by atoms with Gasteiger partial charge in [-0.15, -0.1) is 11.3 Å². The van der Waals surface area contributed by atoms with E-state index in [0.29, 0.717) is 13.1 Å². The molecule has 0 radical (unpaired) electrons. The Hall–Kier alpha value is -0.960. The van der Waals surface area contributed by atoms with Gasteiger partial charge in [0.05, 0.1) is 17.6 Å². The van der Waals surface area contributed by atoms with E-state index in [1.807, 2.05) is 20.8 Å². The van der Waals surface area contributed by atoms with Gasteiger partial charge in [0, 0.05) is 29.7 Å². The fourth-order valence-electron chi connectivity index (χ4n) is 2.35. The van der Waals surface area contributed by atoms with Crippen molar-refractivity contribution in [2.45, 2.75) is 39.8 Å². The molecule has 0 saturated heterocycles. The van der Waals surface area contributed by atoms with E-state index in [0.717, 1.165) is 16.3 Å². The predicted molar refractivity (Wildman–Crippen MR) is 86.3 cm³/mol. The van der Waals surface area contributed by atoms with Crippen molar-refractivity contribution in [3.63, 3.8) is 0 Å². The summed E-state index contributed by atoms with van der Waals surface area (Å²) >= 11 is 1.67. The van der Waals surface area contributed by atoms with E-state index < -0.39 is 15.6 Å². The van der Waals surface area contributed by atoms with Crippen LogP contribution in [-0.2, 0) is 16.6 Å². The van der Waals surface area contributed by atoms with Gasteiger partial charge in [-0.1, -0.05) is 0 Å². The lowest BCUT2D eigenvalue weighted by atomic mass is 10.1. The van der Waals surface area contributed by atoms with E-state index in [-0.39, 0.29) is 0 Å². The van der Waals surface area contributed by atoms with Gasteiger partial charge in [-0.05, 0) is 27.7 Å². The van der Waals surface area contributed by atoms with Crippen molar-refractivity contribution in [1.29, 1.82) is 0 Å². The summed E-state index contributed by atoms with van der Waals surface area (Å²) in [5.74, 6) is 0. The van der Waals surface area contributed by atoms with Crippen LogP contribution >= 0.6 is 11.3 Å². The molecule has 2 N–H and O–H groups in total. The highest BCUT2D eigenvalue weighted by Crippen LogP contribution is 2.20. The van der Waals surface area contributed by atoms with Gasteiger partial charge < -0.3 is 5.32 Å². The Morgan fingerprint density at radius 3 is 2.67 bits per heavy atom. The summed E-state index contributed by atoms with van der Waals surface area (Å²) in [4.78, 5) is 6.75. The first-order valence-electron chi connectivity index (χ1n) is 6.71. The Balaban J connectivity index is 2.03. The maximum atomic E-state index is 11.3. The largest absolute Gasteiger partial charge is 0.309 e. The number of hydrogen-bond acceptors (Lipinski definition) is 5. The molecule has 0 aliphatic heterocycles. The van der Waals surface area contributed by atoms with Crippen molar-refractivity contribution in [3.05, 3.63) is 22.5 Å². The Labute approximate surface area is 129 Å². The maximum Gasteiger partial charge on any atom is 0.209 e. The smallest absolute Gasteiger partial charge is 0.209 e. The highest BCUT2D eigenvalue weighted by Gasteiger charge is 2.22. The van der Waals surface area contributed by atoms with Crippen LogP contribution in [0.1, 0.15) is 30.1 Å². The summed E-state index contributed by atoms with van der Waals surface area (Å²) in [5.41, 5.74) is 1.59. The summed E-state index contributed by atoms with van der Waals surface area (Å²) in [5, 5.41) is 3.31. The third kappa shape index (κ3) is 4.26. The molecule has 0 aliphatic rings. The van der Waals surface area contributed by atoms with Crippen LogP contribution in [-0.4, -0.2) is 36.1 Å². The Morgan fingerprint density at radius 2 is 2.05 bits per heavy atom. The molecular weight excluding hydrogens is 308 g/mol. The fourth-order valence-corrected chi connectivity index (χ4v) is 4.32. The number of hydrogen-bond donors (Lipinski definition) is 2. The molecule has 21 heavy (non-hydrogen) atoms. The average Bonchev–Trinajstić information content (AvgIpc) is 2.72. The monoisotopic (exact) mass is 330 g/mol. The predicted octanol–water partition coefficient (Wildman–Crippen LogP) is 1.43. The summed E-state index contributed by atoms with van der Waals surface area (Å²) in [7, 11) is -3.21. The molecule has 0 spiro atoms. The molecule has 2 rings (SSSR count). The minimum absolute atomic E-state index is 0.532. The van der Waals surface area contributed by atoms with E-state index in [1.54, 1.807) is 11.3 Å². The molecule has 0 fully saturated rings. The number of fused-ring (bicyclic) bond motifs is 1. The lowest BCUT2D eigenvalue weighted by Crippen LogP contribution is -2.49. The van der Waals surface area contributed by atoms with Gasteiger partial charge in [0.25, 0.3) is 0 Å². The molecule has 0 atom stereocenters. The zero-order chi connectivity index (χ0) is 15.8. The van der Waals surface area contributed by atoms with Crippen LogP contribution in [0.25, 0.3) is 4.96 Å². The van der Waals surface area contributed by atoms with Gasteiger partial charge >= 0.3 is 0 Å². The van der Waals surface area contributed by atoms with Crippen LogP contribution in [0.4, 0.5) is 0 Å². The highest BCUT2D eigenvalue weighted by molar-refractivity contribution is 7.88. The highest BCUT2D eigenvalue weighted by atomic mass is 32.2. The first-order valence-corrected chi connectivity index (χ1v) is 9.42. The van der Waals surface area contributed by atoms with E-state index in [1.165, 1.54) is 11.1 Å². The van der Waals surface area contributed by atoms with Gasteiger partial charge in [-0.25, -0.2) is 18.1 Å². The SMILES string of the molecule is Cc1cn2c(CNCC(C)(C)NS(C)(=O)=O)c(C)nc2s1. The number of thiazole rings is 1. The van der Waals surface area contributed by atoms with Crippen LogP contribution < -0.4 is 10.0 Å². The van der Waals surface area contributed by atoms with Crippen molar-refractivity contribution in [1.82, 2.24) is 19.4 Å². The molecule has 2 aromatic heterocycles. The zero-order valence-corrected chi connectivity index (χ0v) is 14.7. The van der Waals surface area contributed by atoms with Gasteiger partial charge in [-0.2, -0.15) is 0 Å². The average molecular weight is 330 g/mol. The zero-order valence-electron chi connectivity index (χ0n) is 13.0. The molecule has 0 bridgehead atoms. The molecule has 2 heterocycles. The third-order valence-corrected chi connectivity index (χ3v) is 4.88. The number of aryl methyl sites for hydroxylation is 2. The quantitative estimate of drug-likeness (QED) is 0.840. The summed E-state index contributed by atoms with van der Waals surface area (Å²) < 4.78 is 27.4. The fraction of sp³-hybridized carbons (Fsp3) is 0.615. The van der Waals surface area contributed by atoms with Gasteiger partial charge in [0.2, 0.25) is 10.0 Å². The normalized spacial score (nSPS) is 13.2. The Kier molecular flexibility index (Phi) is 4.44. The van der Waals surface area contributed by atoms with Crippen molar-refractivity contribution in [3.8, 4) is 0 Å². The summed E-state index contributed by atoms with van der Waals surface area (Å²) in [6.45, 7) is 8.95. The second kappa shape index (κ2) is 5.68. The molecule has 0 unspecified atom stereocenters. The lowest BCUT2D eigenvalue weighted by molar-refractivity contribution is 0.419. The molecule has 118 valence electrons. The second-order valence-corrected chi connectivity index (χ2v) is 8.96. The van der Waals surface area contributed by atoms with Crippen LogP contribution in [0, 0.1) is 13.8 Å². The van der Waals surface area contributed by atoms with Gasteiger partial charge in [-0.3, -0.25) is 4.40 Å². The first-order chi connectivity index (χ1) is 9.57. The number of rotatable bonds is 6. The van der Waals surface area contributed by atoms with E-state index in [2.05, 4.69) is 32.5 Å². The molecule has 0 aromatic carbocycles. The third-order valence-electron chi connectivity index (χ3n) is 3.06. The number of sulfonamides is 1. The van der Waals surface area contributed by atoms with Crippen LogP contribution in [0.3, 0.4) is 0 Å². The number of nitrogens with one attached hydrogen (secondary N) is 2. The standard InChI is InChI=1S/C13H22N4O2S2/c1-9-7-17-11(10(2)15-12(17)20-9)6-14-8-13(3,4)16-21(5,18)19/h7,14,16H,6,8H2,1-5H3. The Bertz CT molecular complexity index is 744. The van der Waals surface area contributed by atoms with Crippen LogP contribution in [0.2, 0.25) is 0 Å². The Morgan fingerprint density at radius 1 is 1.38 bits per heavy atom.